The molecule has 108 valence electrons. The summed E-state index contributed by atoms with van der Waals surface area (Å²) in [5.74, 6) is -0.173. The standard InChI is InChI=1S/C17H12N2O3/c20-17-14(13-8-2-3-10-15(13)18-17)9-5-7-12-6-1-4-11-16(12)19(21)22/h1-11H,(H,18,20). The lowest BCUT2D eigenvalue weighted by Crippen LogP contribution is -2.03. The maximum Gasteiger partial charge on any atom is 0.276 e. The van der Waals surface area contributed by atoms with Gasteiger partial charge in [-0.05, 0) is 24.3 Å². The Balaban J connectivity index is 1.92. The number of allylic oxidation sites excluding steroid dienone is 2. The molecule has 0 fully saturated rings. The number of hydrogen-bond acceptors (Lipinski definition) is 3. The van der Waals surface area contributed by atoms with Crippen LogP contribution in [0.3, 0.4) is 0 Å². The van der Waals surface area contributed by atoms with Crippen LogP contribution in [0.15, 0.2) is 60.7 Å². The highest BCUT2D eigenvalue weighted by molar-refractivity contribution is 6.31. The molecule has 0 radical (unpaired) electrons. The number of amides is 1. The fraction of sp³-hybridized carbons (Fsp3) is 0. The number of para-hydroxylation sites is 2. The highest BCUT2D eigenvalue weighted by Gasteiger charge is 2.22. The molecule has 0 saturated heterocycles. The van der Waals surface area contributed by atoms with Crippen molar-refractivity contribution in [3.05, 3.63) is 81.9 Å². The van der Waals surface area contributed by atoms with Gasteiger partial charge in [-0.15, -0.1) is 0 Å². The first-order valence-corrected chi connectivity index (χ1v) is 6.69. The molecule has 5 heteroatoms. The summed E-state index contributed by atoms with van der Waals surface area (Å²) in [5, 5.41) is 13.7. The molecule has 2 aromatic rings. The van der Waals surface area contributed by atoms with Crippen molar-refractivity contribution in [1.29, 1.82) is 0 Å². The van der Waals surface area contributed by atoms with Gasteiger partial charge in [0, 0.05) is 22.9 Å². The summed E-state index contributed by atoms with van der Waals surface area (Å²) < 4.78 is 0. The molecule has 1 aliphatic heterocycles. The Kier molecular flexibility index (Phi) is 3.53. The largest absolute Gasteiger partial charge is 0.321 e. The van der Waals surface area contributed by atoms with E-state index in [4.69, 9.17) is 0 Å². The summed E-state index contributed by atoms with van der Waals surface area (Å²) in [6.45, 7) is 0. The monoisotopic (exact) mass is 292 g/mol. The van der Waals surface area contributed by atoms with Crippen LogP contribution in [0.1, 0.15) is 11.1 Å². The van der Waals surface area contributed by atoms with Crippen molar-refractivity contribution in [3.8, 4) is 0 Å². The molecule has 0 atom stereocenters. The number of anilines is 1. The van der Waals surface area contributed by atoms with Gasteiger partial charge in [-0.2, -0.15) is 0 Å². The third-order valence-corrected chi connectivity index (χ3v) is 3.38. The summed E-state index contributed by atoms with van der Waals surface area (Å²) >= 11 is 0. The Morgan fingerprint density at radius 1 is 1.05 bits per heavy atom. The molecule has 1 aliphatic rings. The highest BCUT2D eigenvalue weighted by Crippen LogP contribution is 2.31. The average molecular weight is 292 g/mol. The molecule has 1 N–H and O–H groups in total. The fourth-order valence-electron chi connectivity index (χ4n) is 2.35. The third-order valence-electron chi connectivity index (χ3n) is 3.38. The quantitative estimate of drug-likeness (QED) is 0.533. The van der Waals surface area contributed by atoms with Crippen LogP contribution in [0.4, 0.5) is 11.4 Å². The van der Waals surface area contributed by atoms with Crippen molar-refractivity contribution in [2.75, 3.05) is 5.32 Å². The third kappa shape index (κ3) is 2.52. The van der Waals surface area contributed by atoms with Gasteiger partial charge in [0.2, 0.25) is 0 Å². The number of nitro benzene ring substituents is 1. The Morgan fingerprint density at radius 3 is 2.59 bits per heavy atom. The van der Waals surface area contributed by atoms with Crippen molar-refractivity contribution in [3.63, 3.8) is 0 Å². The number of carbonyl (C=O) groups is 1. The van der Waals surface area contributed by atoms with Crippen molar-refractivity contribution in [2.24, 2.45) is 0 Å². The van der Waals surface area contributed by atoms with Gasteiger partial charge < -0.3 is 5.32 Å². The van der Waals surface area contributed by atoms with E-state index in [1.807, 2.05) is 24.3 Å². The minimum absolute atomic E-state index is 0.0356. The Labute approximate surface area is 126 Å². The van der Waals surface area contributed by atoms with E-state index in [1.165, 1.54) is 6.07 Å². The van der Waals surface area contributed by atoms with Crippen LogP contribution >= 0.6 is 0 Å². The molecule has 22 heavy (non-hydrogen) atoms. The predicted octanol–water partition coefficient (Wildman–Crippen LogP) is 3.64. The van der Waals surface area contributed by atoms with Crippen LogP contribution in [0, 0.1) is 10.1 Å². The van der Waals surface area contributed by atoms with Crippen LogP contribution < -0.4 is 5.32 Å². The van der Waals surface area contributed by atoms with Crippen LogP contribution in [0.25, 0.3) is 11.6 Å². The van der Waals surface area contributed by atoms with E-state index < -0.39 is 4.92 Å². The Morgan fingerprint density at radius 2 is 1.77 bits per heavy atom. The molecule has 0 spiro atoms. The second-order valence-corrected chi connectivity index (χ2v) is 4.76. The summed E-state index contributed by atoms with van der Waals surface area (Å²) in [6, 6.07) is 13.9. The zero-order chi connectivity index (χ0) is 15.5. The van der Waals surface area contributed by atoms with Crippen LogP contribution in [0.5, 0.6) is 0 Å². The van der Waals surface area contributed by atoms with Gasteiger partial charge in [0.15, 0.2) is 0 Å². The number of fused-ring (bicyclic) bond motifs is 1. The number of hydrogen-bond donors (Lipinski definition) is 1. The summed E-state index contributed by atoms with van der Waals surface area (Å²) in [7, 11) is 0. The maximum absolute atomic E-state index is 11.9. The number of nitro groups is 1. The van der Waals surface area contributed by atoms with E-state index in [2.05, 4.69) is 5.32 Å². The van der Waals surface area contributed by atoms with Crippen LogP contribution in [-0.4, -0.2) is 10.8 Å². The minimum Gasteiger partial charge on any atom is -0.321 e. The molecule has 0 unspecified atom stereocenters. The second-order valence-electron chi connectivity index (χ2n) is 4.76. The molecule has 1 heterocycles. The molecule has 3 rings (SSSR count). The Hall–Kier alpha value is -3.21. The molecular formula is C17H12N2O3. The van der Waals surface area contributed by atoms with Gasteiger partial charge in [0.1, 0.15) is 0 Å². The first kappa shape index (κ1) is 13.8. The SMILES string of the molecule is O=C1Nc2ccccc2C1=CC=Cc1ccccc1[N+](=O)[O-]. The normalized spacial score (nSPS) is 15.1. The first-order chi connectivity index (χ1) is 10.7. The summed E-state index contributed by atoms with van der Waals surface area (Å²) in [6.07, 6.45) is 4.94. The van der Waals surface area contributed by atoms with E-state index in [0.29, 0.717) is 11.1 Å². The lowest BCUT2D eigenvalue weighted by atomic mass is 10.1. The van der Waals surface area contributed by atoms with E-state index >= 15 is 0 Å². The summed E-state index contributed by atoms with van der Waals surface area (Å²) in [5.41, 5.74) is 2.69. The maximum atomic E-state index is 11.9. The summed E-state index contributed by atoms with van der Waals surface area (Å²) in [4.78, 5) is 22.5. The smallest absolute Gasteiger partial charge is 0.276 e. The van der Waals surface area contributed by atoms with Gasteiger partial charge in [0.05, 0.1) is 10.5 Å². The van der Waals surface area contributed by atoms with Crippen LogP contribution in [-0.2, 0) is 4.79 Å². The number of rotatable bonds is 3. The van der Waals surface area contributed by atoms with Crippen molar-refractivity contribution in [2.45, 2.75) is 0 Å². The van der Waals surface area contributed by atoms with Crippen molar-refractivity contribution >= 4 is 28.9 Å². The first-order valence-electron chi connectivity index (χ1n) is 6.69. The number of carbonyl (C=O) groups excluding carboxylic acids is 1. The van der Waals surface area contributed by atoms with Gasteiger partial charge in [0.25, 0.3) is 11.6 Å². The fourth-order valence-corrected chi connectivity index (χ4v) is 2.35. The average Bonchev–Trinajstić information content (AvgIpc) is 2.83. The van der Waals surface area contributed by atoms with Crippen LogP contribution in [0.2, 0.25) is 0 Å². The van der Waals surface area contributed by atoms with Gasteiger partial charge in [-0.3, -0.25) is 14.9 Å². The predicted molar refractivity (Wildman–Crippen MR) is 85.2 cm³/mol. The van der Waals surface area contributed by atoms with Crippen molar-refractivity contribution < 1.29 is 9.72 Å². The second kappa shape index (κ2) is 5.65. The van der Waals surface area contributed by atoms with Gasteiger partial charge in [-0.1, -0.05) is 36.4 Å². The molecule has 1 amide bonds. The van der Waals surface area contributed by atoms with Crippen molar-refractivity contribution in [1.82, 2.24) is 0 Å². The molecule has 0 saturated carbocycles. The number of benzene rings is 2. The van der Waals surface area contributed by atoms with Gasteiger partial charge in [-0.25, -0.2) is 0 Å². The van der Waals surface area contributed by atoms with E-state index in [1.54, 1.807) is 36.4 Å². The van der Waals surface area contributed by atoms with E-state index in [9.17, 15) is 14.9 Å². The van der Waals surface area contributed by atoms with Gasteiger partial charge >= 0.3 is 0 Å². The number of nitrogens with zero attached hydrogens (tertiary/aromatic N) is 1. The Bertz CT molecular complexity index is 822. The molecule has 0 aliphatic carbocycles. The zero-order valence-corrected chi connectivity index (χ0v) is 11.5. The molecular weight excluding hydrogens is 280 g/mol. The minimum atomic E-state index is -0.426. The molecule has 5 nitrogen and oxygen atoms in total. The lowest BCUT2D eigenvalue weighted by molar-refractivity contribution is -0.385. The lowest BCUT2D eigenvalue weighted by Gasteiger charge is -1.96. The topological polar surface area (TPSA) is 72.2 Å². The molecule has 2 aromatic carbocycles. The van der Waals surface area contributed by atoms with E-state index in [-0.39, 0.29) is 11.6 Å². The molecule has 0 bridgehead atoms. The highest BCUT2D eigenvalue weighted by atomic mass is 16.6. The zero-order valence-electron chi connectivity index (χ0n) is 11.5. The van der Waals surface area contributed by atoms with E-state index in [0.717, 1.165) is 11.3 Å². The number of nitrogens with one attached hydrogen (secondary N) is 1. The molecule has 0 aromatic heterocycles.